The molecule has 2 saturated heterocycles. The monoisotopic (exact) mass is 518 g/mol. The number of fused-ring (bicyclic) bond motifs is 7. The lowest BCUT2D eigenvalue weighted by Gasteiger charge is -2.66. The molecular weight excluding hydrogens is 464 g/mol. The number of aliphatic hydroxyl groups is 1. The zero-order valence-electron chi connectivity index (χ0n) is 24.4. The Balaban J connectivity index is 1.26. The number of rotatable bonds is 2. The molecule has 4 aliphatic carbocycles. The molecule has 0 aromatic heterocycles. The van der Waals surface area contributed by atoms with Crippen LogP contribution in [0.25, 0.3) is 0 Å². The number of hydrogen-bond donors (Lipinski definition) is 1. The van der Waals surface area contributed by atoms with Gasteiger partial charge in [-0.2, -0.15) is 0 Å². The van der Waals surface area contributed by atoms with E-state index in [-0.39, 0.29) is 16.6 Å². The van der Waals surface area contributed by atoms with Crippen molar-refractivity contribution in [1.29, 1.82) is 0 Å². The molecule has 0 aromatic carbocycles. The summed E-state index contributed by atoms with van der Waals surface area (Å²) >= 11 is 0. The molecule has 1 spiro atoms. The average molecular weight is 519 g/mol. The second-order valence-corrected chi connectivity index (χ2v) is 20.6. The highest BCUT2D eigenvalue weighted by molar-refractivity contribution is 6.69. The third-order valence-corrected chi connectivity index (χ3v) is 13.6. The van der Waals surface area contributed by atoms with Crippen LogP contribution in [0.4, 0.5) is 0 Å². The molecule has 0 radical (unpaired) electrons. The van der Waals surface area contributed by atoms with Gasteiger partial charge in [0.2, 0.25) is 0 Å². The molecule has 0 amide bonds. The first-order chi connectivity index (χ1) is 16.7. The summed E-state index contributed by atoms with van der Waals surface area (Å²) in [7, 11) is -1.53. The molecule has 0 aromatic rings. The van der Waals surface area contributed by atoms with Gasteiger partial charge in [-0.15, -0.1) is 0 Å². The van der Waals surface area contributed by atoms with E-state index < -0.39 is 13.9 Å². The summed E-state index contributed by atoms with van der Waals surface area (Å²) in [6.45, 7) is 19.8. The summed E-state index contributed by atoms with van der Waals surface area (Å²) in [5, 5.41) is 12.4. The number of ether oxygens (including phenoxy) is 2. The van der Waals surface area contributed by atoms with Gasteiger partial charge in [0.25, 0.3) is 0 Å². The van der Waals surface area contributed by atoms with Crippen LogP contribution in [0.3, 0.4) is 0 Å². The van der Waals surface area contributed by atoms with Gasteiger partial charge in [0.05, 0.1) is 18.3 Å². The highest BCUT2D eigenvalue weighted by atomic mass is 28.4. The lowest BCUT2D eigenvalue weighted by atomic mass is 9.41. The van der Waals surface area contributed by atoms with Crippen molar-refractivity contribution in [2.24, 2.45) is 52.3 Å². The first kappa shape index (κ1) is 26.3. The second kappa shape index (κ2) is 8.28. The molecule has 13 unspecified atom stereocenters. The lowest BCUT2D eigenvalue weighted by molar-refractivity contribution is -0.276. The van der Waals surface area contributed by atoms with Gasteiger partial charge in [-0.3, -0.25) is 0 Å². The van der Waals surface area contributed by atoms with Crippen LogP contribution in [0.1, 0.15) is 92.4 Å². The maximum absolute atomic E-state index is 12.4. The van der Waals surface area contributed by atoms with Crippen LogP contribution in [0.5, 0.6) is 0 Å². The summed E-state index contributed by atoms with van der Waals surface area (Å²) in [6.07, 6.45) is 11.2. The Kier molecular flexibility index (Phi) is 6.05. The van der Waals surface area contributed by atoms with E-state index in [1.54, 1.807) is 0 Å². The SMILES string of the molecule is CC1CCC2(OC1)OC1CC3C4CCC5CC(O[Si](C)(C)C)CCC5(C)C4C(C)(O)CC3(C)C1C2C. The normalized spacial score (nSPS) is 58.8. The van der Waals surface area contributed by atoms with Crippen molar-refractivity contribution in [3.05, 3.63) is 0 Å². The van der Waals surface area contributed by atoms with E-state index in [1.807, 2.05) is 0 Å². The fourth-order valence-corrected chi connectivity index (χ4v) is 12.8. The van der Waals surface area contributed by atoms with Gasteiger partial charge in [0, 0.05) is 18.4 Å². The summed E-state index contributed by atoms with van der Waals surface area (Å²) in [5.74, 6) is 3.50. The maximum atomic E-state index is 12.4. The zero-order valence-corrected chi connectivity index (χ0v) is 25.4. The molecule has 13 atom stereocenters. The third kappa shape index (κ3) is 3.79. The van der Waals surface area contributed by atoms with Gasteiger partial charge >= 0.3 is 0 Å². The quantitative estimate of drug-likeness (QED) is 0.399. The van der Waals surface area contributed by atoms with E-state index >= 15 is 0 Å². The van der Waals surface area contributed by atoms with Crippen molar-refractivity contribution in [1.82, 2.24) is 0 Å². The van der Waals surface area contributed by atoms with E-state index in [0.29, 0.717) is 53.6 Å². The lowest BCUT2D eigenvalue weighted by Crippen LogP contribution is -2.64. The van der Waals surface area contributed by atoms with Gasteiger partial charge in [0.15, 0.2) is 14.1 Å². The van der Waals surface area contributed by atoms with Gasteiger partial charge in [0.1, 0.15) is 0 Å². The first-order valence-electron chi connectivity index (χ1n) is 15.4. The van der Waals surface area contributed by atoms with Gasteiger partial charge in [-0.05, 0) is 124 Å². The Bertz CT molecular complexity index is 859. The van der Waals surface area contributed by atoms with Crippen molar-refractivity contribution in [2.45, 2.75) is 136 Å². The maximum Gasteiger partial charge on any atom is 0.184 e. The molecule has 2 heterocycles. The van der Waals surface area contributed by atoms with E-state index in [1.165, 1.54) is 44.9 Å². The molecule has 4 saturated carbocycles. The fraction of sp³-hybridized carbons (Fsp3) is 1.00. The van der Waals surface area contributed by atoms with Crippen LogP contribution < -0.4 is 0 Å². The van der Waals surface area contributed by atoms with E-state index in [4.69, 9.17) is 13.9 Å². The highest BCUT2D eigenvalue weighted by Gasteiger charge is 2.72. The minimum atomic E-state index is -1.53. The molecule has 36 heavy (non-hydrogen) atoms. The van der Waals surface area contributed by atoms with Crippen LogP contribution in [-0.2, 0) is 13.9 Å². The van der Waals surface area contributed by atoms with Crippen molar-refractivity contribution in [2.75, 3.05) is 6.61 Å². The Morgan fingerprint density at radius 3 is 2.33 bits per heavy atom. The smallest absolute Gasteiger partial charge is 0.184 e. The number of hydrogen-bond acceptors (Lipinski definition) is 4. The van der Waals surface area contributed by atoms with Crippen molar-refractivity contribution in [3.63, 3.8) is 0 Å². The molecule has 6 rings (SSSR count). The summed E-state index contributed by atoms with van der Waals surface area (Å²) in [4.78, 5) is 0. The molecule has 5 heteroatoms. The molecule has 206 valence electrons. The van der Waals surface area contributed by atoms with E-state index in [2.05, 4.69) is 54.3 Å². The predicted octanol–water partition coefficient (Wildman–Crippen LogP) is 7.01. The van der Waals surface area contributed by atoms with E-state index in [9.17, 15) is 5.11 Å². The zero-order chi connectivity index (χ0) is 25.9. The minimum Gasteiger partial charge on any atom is -0.415 e. The van der Waals surface area contributed by atoms with Crippen LogP contribution in [0, 0.1) is 52.3 Å². The van der Waals surface area contributed by atoms with E-state index in [0.717, 1.165) is 19.4 Å². The predicted molar refractivity (Wildman–Crippen MR) is 146 cm³/mol. The first-order valence-corrected chi connectivity index (χ1v) is 18.8. The van der Waals surface area contributed by atoms with Gasteiger partial charge in [-0.25, -0.2) is 0 Å². The highest BCUT2D eigenvalue weighted by Crippen LogP contribution is 2.73. The molecular formula is C31H54O4Si. The van der Waals surface area contributed by atoms with Crippen molar-refractivity contribution >= 4 is 8.32 Å². The molecule has 0 bridgehead atoms. The summed E-state index contributed by atoms with van der Waals surface area (Å²) in [6, 6.07) is 0. The topological polar surface area (TPSA) is 47.9 Å². The van der Waals surface area contributed by atoms with Crippen molar-refractivity contribution in [3.8, 4) is 0 Å². The standard InChI is InChI=1S/C31H54O4Si/c1-19-11-14-31(33-17-19)20(2)26-25(34-31)16-24-23-10-9-21-15-22(35-36(6,7)8)12-13-28(21,3)27(23)30(5,32)18-29(24,26)4/h19-27,32H,9-18H2,1-8H3. The van der Waals surface area contributed by atoms with Gasteiger partial charge in [-0.1, -0.05) is 27.7 Å². The van der Waals surface area contributed by atoms with Crippen LogP contribution in [0.2, 0.25) is 19.6 Å². The Hall–Kier alpha value is 0.0569. The fourth-order valence-electron chi connectivity index (χ4n) is 11.6. The van der Waals surface area contributed by atoms with Crippen LogP contribution >= 0.6 is 0 Å². The van der Waals surface area contributed by atoms with Crippen LogP contribution in [0.15, 0.2) is 0 Å². The average Bonchev–Trinajstić information content (AvgIpc) is 3.19. The Morgan fingerprint density at radius 2 is 1.67 bits per heavy atom. The van der Waals surface area contributed by atoms with Crippen LogP contribution in [-0.4, -0.2) is 43.6 Å². The molecule has 6 fully saturated rings. The molecule has 2 aliphatic heterocycles. The Morgan fingerprint density at radius 1 is 0.917 bits per heavy atom. The van der Waals surface area contributed by atoms with Crippen molar-refractivity contribution < 1.29 is 19.0 Å². The molecule has 1 N–H and O–H groups in total. The summed E-state index contributed by atoms with van der Waals surface area (Å²) in [5.41, 5.74) is -0.269. The van der Waals surface area contributed by atoms with Gasteiger partial charge < -0.3 is 19.0 Å². The molecule has 6 aliphatic rings. The third-order valence-electron chi connectivity index (χ3n) is 12.6. The second-order valence-electron chi connectivity index (χ2n) is 16.2. The molecule has 4 nitrogen and oxygen atoms in total. The summed E-state index contributed by atoms with van der Waals surface area (Å²) < 4.78 is 20.1. The minimum absolute atomic E-state index is 0.131. The largest absolute Gasteiger partial charge is 0.415 e. The Labute approximate surface area is 221 Å².